The van der Waals surface area contributed by atoms with Gasteiger partial charge in [-0.05, 0) is 50.3 Å². The van der Waals surface area contributed by atoms with Crippen LogP contribution in [0.1, 0.15) is 49.9 Å². The Labute approximate surface area is 105 Å². The monoisotopic (exact) mass is 232 g/mol. The zero-order chi connectivity index (χ0) is 12.3. The van der Waals surface area contributed by atoms with E-state index in [9.17, 15) is 0 Å². The summed E-state index contributed by atoms with van der Waals surface area (Å²) in [5.74, 6) is 1.73. The second-order valence-electron chi connectivity index (χ2n) is 5.35. The van der Waals surface area contributed by atoms with Crippen molar-refractivity contribution in [2.45, 2.75) is 45.6 Å². The maximum atomic E-state index is 4.42. The standard InChI is InChI=1S/C15H24N2/c1-4-12-6-8-13(9-12)15(16-3)14-7-5-11(2)17-10-14/h5,7,10,12-13,15-16H,4,6,8-9H2,1-3H3. The minimum Gasteiger partial charge on any atom is -0.313 e. The lowest BCUT2D eigenvalue weighted by atomic mass is 9.91. The molecule has 1 N–H and O–H groups in total. The van der Waals surface area contributed by atoms with Gasteiger partial charge in [-0.15, -0.1) is 0 Å². The zero-order valence-corrected chi connectivity index (χ0v) is 11.2. The van der Waals surface area contributed by atoms with Crippen LogP contribution in [0.3, 0.4) is 0 Å². The summed E-state index contributed by atoms with van der Waals surface area (Å²) in [7, 11) is 2.07. The van der Waals surface area contributed by atoms with Crippen molar-refractivity contribution in [3.05, 3.63) is 29.6 Å². The molecule has 0 amide bonds. The van der Waals surface area contributed by atoms with Gasteiger partial charge in [0.15, 0.2) is 0 Å². The highest BCUT2D eigenvalue weighted by Gasteiger charge is 2.30. The maximum Gasteiger partial charge on any atom is 0.0372 e. The summed E-state index contributed by atoms with van der Waals surface area (Å²) < 4.78 is 0. The second kappa shape index (κ2) is 5.63. The quantitative estimate of drug-likeness (QED) is 0.859. The van der Waals surface area contributed by atoms with E-state index >= 15 is 0 Å². The predicted molar refractivity (Wildman–Crippen MR) is 71.9 cm³/mol. The number of hydrogen-bond acceptors (Lipinski definition) is 2. The summed E-state index contributed by atoms with van der Waals surface area (Å²) >= 11 is 0. The molecule has 1 aliphatic carbocycles. The lowest BCUT2D eigenvalue weighted by molar-refractivity contribution is 0.372. The minimum absolute atomic E-state index is 0.486. The fourth-order valence-corrected chi connectivity index (χ4v) is 3.12. The van der Waals surface area contributed by atoms with E-state index in [1.54, 1.807) is 0 Å². The molecule has 2 nitrogen and oxygen atoms in total. The van der Waals surface area contributed by atoms with Crippen LogP contribution < -0.4 is 5.32 Å². The van der Waals surface area contributed by atoms with Crippen molar-refractivity contribution in [2.24, 2.45) is 11.8 Å². The first-order valence-corrected chi connectivity index (χ1v) is 6.84. The van der Waals surface area contributed by atoms with Gasteiger partial charge in [-0.2, -0.15) is 0 Å². The number of hydrogen-bond donors (Lipinski definition) is 1. The molecule has 1 aliphatic rings. The van der Waals surface area contributed by atoms with Crippen molar-refractivity contribution in [3.63, 3.8) is 0 Å². The fourth-order valence-electron chi connectivity index (χ4n) is 3.12. The molecule has 1 aromatic heterocycles. The summed E-state index contributed by atoms with van der Waals surface area (Å²) in [6.07, 6.45) is 7.50. The van der Waals surface area contributed by atoms with Gasteiger partial charge in [0.1, 0.15) is 0 Å². The molecule has 1 aromatic rings. The second-order valence-corrected chi connectivity index (χ2v) is 5.35. The Kier molecular flexibility index (Phi) is 4.16. The highest BCUT2D eigenvalue weighted by atomic mass is 14.9. The highest BCUT2D eigenvalue weighted by Crippen LogP contribution is 2.40. The van der Waals surface area contributed by atoms with Crippen molar-refractivity contribution >= 4 is 0 Å². The molecule has 0 aliphatic heterocycles. The van der Waals surface area contributed by atoms with Crippen molar-refractivity contribution in [1.82, 2.24) is 10.3 Å². The van der Waals surface area contributed by atoms with Gasteiger partial charge in [0.05, 0.1) is 0 Å². The van der Waals surface area contributed by atoms with E-state index in [1.165, 1.54) is 31.2 Å². The third-order valence-corrected chi connectivity index (χ3v) is 4.23. The molecule has 0 aromatic carbocycles. The van der Waals surface area contributed by atoms with Crippen LogP contribution in [-0.2, 0) is 0 Å². The Bertz CT molecular complexity index is 344. The molecule has 1 fully saturated rings. The number of nitrogens with one attached hydrogen (secondary N) is 1. The lowest BCUT2D eigenvalue weighted by Gasteiger charge is -2.23. The van der Waals surface area contributed by atoms with Crippen LogP contribution in [0, 0.1) is 18.8 Å². The van der Waals surface area contributed by atoms with Crippen LogP contribution in [0.2, 0.25) is 0 Å². The molecule has 3 unspecified atom stereocenters. The van der Waals surface area contributed by atoms with E-state index in [0.717, 1.165) is 17.5 Å². The van der Waals surface area contributed by atoms with Gasteiger partial charge >= 0.3 is 0 Å². The minimum atomic E-state index is 0.486. The molecule has 3 atom stereocenters. The van der Waals surface area contributed by atoms with E-state index in [0.29, 0.717) is 6.04 Å². The van der Waals surface area contributed by atoms with E-state index in [1.807, 2.05) is 13.1 Å². The van der Waals surface area contributed by atoms with Gasteiger partial charge in [-0.25, -0.2) is 0 Å². The summed E-state index contributed by atoms with van der Waals surface area (Å²) in [6, 6.07) is 4.83. The number of aryl methyl sites for hydroxylation is 1. The Hall–Kier alpha value is -0.890. The average Bonchev–Trinajstić information content (AvgIpc) is 2.81. The van der Waals surface area contributed by atoms with Crippen molar-refractivity contribution in [2.75, 3.05) is 7.05 Å². The van der Waals surface area contributed by atoms with Crippen molar-refractivity contribution in [1.29, 1.82) is 0 Å². The van der Waals surface area contributed by atoms with Gasteiger partial charge in [0.2, 0.25) is 0 Å². The SMILES string of the molecule is CCC1CCC(C(NC)c2ccc(C)nc2)C1. The van der Waals surface area contributed by atoms with E-state index in [4.69, 9.17) is 0 Å². The van der Waals surface area contributed by atoms with Gasteiger partial charge in [-0.1, -0.05) is 25.8 Å². The van der Waals surface area contributed by atoms with Crippen LogP contribution >= 0.6 is 0 Å². The molecule has 0 radical (unpaired) electrons. The molecule has 94 valence electrons. The first-order valence-electron chi connectivity index (χ1n) is 6.84. The predicted octanol–water partition coefficient (Wildman–Crippen LogP) is 3.48. The number of aromatic nitrogens is 1. The van der Waals surface area contributed by atoms with Crippen LogP contribution in [-0.4, -0.2) is 12.0 Å². The van der Waals surface area contributed by atoms with Crippen LogP contribution in [0.4, 0.5) is 0 Å². The first-order chi connectivity index (χ1) is 8.24. The third-order valence-electron chi connectivity index (χ3n) is 4.23. The molecule has 1 saturated carbocycles. The Balaban J connectivity index is 2.08. The number of nitrogens with zero attached hydrogens (tertiary/aromatic N) is 1. The van der Waals surface area contributed by atoms with Gasteiger partial charge in [-0.3, -0.25) is 4.98 Å². The maximum absolute atomic E-state index is 4.42. The van der Waals surface area contributed by atoms with Gasteiger partial charge in [0.25, 0.3) is 0 Å². The average molecular weight is 232 g/mol. The Morgan fingerprint density at radius 1 is 1.41 bits per heavy atom. The van der Waals surface area contributed by atoms with Crippen molar-refractivity contribution in [3.8, 4) is 0 Å². The zero-order valence-electron chi connectivity index (χ0n) is 11.2. The largest absolute Gasteiger partial charge is 0.313 e. The molecule has 0 spiro atoms. The van der Waals surface area contributed by atoms with Crippen LogP contribution in [0.15, 0.2) is 18.3 Å². The molecule has 1 heterocycles. The molecule has 0 bridgehead atoms. The summed E-state index contributed by atoms with van der Waals surface area (Å²) in [6.45, 7) is 4.36. The molecule has 2 heteroatoms. The highest BCUT2D eigenvalue weighted by molar-refractivity contribution is 5.18. The number of rotatable bonds is 4. The Morgan fingerprint density at radius 2 is 2.24 bits per heavy atom. The lowest BCUT2D eigenvalue weighted by Crippen LogP contribution is -2.24. The summed E-state index contributed by atoms with van der Waals surface area (Å²) in [4.78, 5) is 4.42. The van der Waals surface area contributed by atoms with E-state index in [2.05, 4.69) is 36.4 Å². The third kappa shape index (κ3) is 2.86. The summed E-state index contributed by atoms with van der Waals surface area (Å²) in [5, 5.41) is 3.48. The molecule has 0 saturated heterocycles. The molecule has 17 heavy (non-hydrogen) atoms. The Morgan fingerprint density at radius 3 is 2.76 bits per heavy atom. The summed E-state index contributed by atoms with van der Waals surface area (Å²) in [5.41, 5.74) is 2.45. The topological polar surface area (TPSA) is 24.9 Å². The van der Waals surface area contributed by atoms with Crippen LogP contribution in [0.5, 0.6) is 0 Å². The van der Waals surface area contributed by atoms with Crippen molar-refractivity contribution < 1.29 is 0 Å². The molecular weight excluding hydrogens is 208 g/mol. The molecular formula is C15H24N2. The normalized spacial score (nSPS) is 26.1. The van der Waals surface area contributed by atoms with E-state index in [-0.39, 0.29) is 0 Å². The number of pyridine rings is 1. The van der Waals surface area contributed by atoms with Gasteiger partial charge in [0, 0.05) is 17.9 Å². The van der Waals surface area contributed by atoms with E-state index < -0.39 is 0 Å². The van der Waals surface area contributed by atoms with Gasteiger partial charge < -0.3 is 5.32 Å². The smallest absolute Gasteiger partial charge is 0.0372 e. The molecule has 2 rings (SSSR count). The first kappa shape index (κ1) is 12.6. The van der Waals surface area contributed by atoms with Crippen LogP contribution in [0.25, 0.3) is 0 Å². The fraction of sp³-hybridized carbons (Fsp3) is 0.667.